The van der Waals surface area contributed by atoms with Crippen LogP contribution in [-0.4, -0.2) is 53.1 Å². The van der Waals surface area contributed by atoms with Crippen molar-refractivity contribution in [1.29, 1.82) is 0 Å². The van der Waals surface area contributed by atoms with E-state index in [9.17, 15) is 14.4 Å². The Kier molecular flexibility index (Phi) is 11.5. The van der Waals surface area contributed by atoms with E-state index in [1.165, 1.54) is 23.5 Å². The zero-order valence-electron chi connectivity index (χ0n) is 16.7. The number of halogens is 2. The van der Waals surface area contributed by atoms with Gasteiger partial charge in [0.15, 0.2) is 12.6 Å². The molecule has 13 heteroatoms. The van der Waals surface area contributed by atoms with Gasteiger partial charge in [0, 0.05) is 12.1 Å². The summed E-state index contributed by atoms with van der Waals surface area (Å²) in [7, 11) is 0. The molecule has 2 aromatic rings. The molecule has 0 saturated heterocycles. The Labute approximate surface area is 197 Å². The number of ether oxygens (including phenoxy) is 1. The lowest BCUT2D eigenvalue weighted by molar-refractivity contribution is -0.140. The fourth-order valence-electron chi connectivity index (χ4n) is 2.14. The number of nitrogens with two attached hydrogens (primary N) is 3. The number of thiophene rings is 1. The van der Waals surface area contributed by atoms with Crippen molar-refractivity contribution in [2.45, 2.75) is 18.9 Å². The van der Waals surface area contributed by atoms with E-state index in [4.69, 9.17) is 55.4 Å². The van der Waals surface area contributed by atoms with Gasteiger partial charge in [-0.3, -0.25) is 14.6 Å². The van der Waals surface area contributed by atoms with E-state index in [1.807, 2.05) is 0 Å². The fourth-order valence-corrected chi connectivity index (χ4v) is 3.28. The minimum Gasteiger partial charge on any atom is -0.480 e. The van der Waals surface area contributed by atoms with Crippen molar-refractivity contribution in [2.24, 2.45) is 22.2 Å². The van der Waals surface area contributed by atoms with Gasteiger partial charge in [-0.05, 0) is 36.4 Å². The molecule has 0 spiro atoms. The second-order valence-corrected chi connectivity index (χ2v) is 7.83. The van der Waals surface area contributed by atoms with Crippen molar-refractivity contribution in [3.8, 4) is 5.75 Å². The van der Waals surface area contributed by atoms with Crippen LogP contribution in [-0.2, 0) is 9.59 Å². The van der Waals surface area contributed by atoms with Crippen LogP contribution in [0.15, 0.2) is 34.6 Å². The van der Waals surface area contributed by atoms with Crippen molar-refractivity contribution in [1.82, 2.24) is 0 Å². The summed E-state index contributed by atoms with van der Waals surface area (Å²) in [5.74, 6) is -2.23. The van der Waals surface area contributed by atoms with Gasteiger partial charge in [-0.1, -0.05) is 29.3 Å². The maximum Gasteiger partial charge on any atom is 0.341 e. The highest BCUT2D eigenvalue weighted by molar-refractivity contribution is 7.12. The molecule has 0 aliphatic heterocycles. The average molecular weight is 505 g/mol. The van der Waals surface area contributed by atoms with Crippen LogP contribution in [0.4, 0.5) is 0 Å². The predicted molar refractivity (Wildman–Crippen MR) is 123 cm³/mol. The first-order chi connectivity index (χ1) is 15.0. The highest BCUT2D eigenvalue weighted by Gasteiger charge is 2.19. The van der Waals surface area contributed by atoms with Crippen molar-refractivity contribution < 1.29 is 29.3 Å². The smallest absolute Gasteiger partial charge is 0.341 e. The van der Waals surface area contributed by atoms with Crippen molar-refractivity contribution in [3.05, 3.63) is 50.1 Å². The highest BCUT2D eigenvalue weighted by atomic mass is 35.5. The molecule has 8 N–H and O–H groups in total. The topological polar surface area (TPSA) is 191 Å². The molecule has 1 heterocycles. The number of carboxylic acid groups (broad SMARTS) is 2. The summed E-state index contributed by atoms with van der Waals surface area (Å²) in [6, 6.07) is 5.52. The molecule has 10 nitrogen and oxygen atoms in total. The number of aliphatic imine (C=N–C) groups is 1. The van der Waals surface area contributed by atoms with Crippen molar-refractivity contribution in [2.75, 3.05) is 13.2 Å². The number of nitrogens with zero attached hydrogens (tertiary/aromatic N) is 1. The minimum absolute atomic E-state index is 0.0129. The summed E-state index contributed by atoms with van der Waals surface area (Å²) >= 11 is 13.3. The molecule has 0 radical (unpaired) electrons. The maximum atomic E-state index is 12.2. The summed E-state index contributed by atoms with van der Waals surface area (Å²) in [4.78, 5) is 37.1. The number of carbonyl (C=O) groups excluding carboxylic acids is 1. The fraction of sp³-hybridized carbons (Fsp3) is 0.263. The zero-order valence-corrected chi connectivity index (χ0v) is 19.0. The lowest BCUT2D eigenvalue weighted by Crippen LogP contribution is -2.30. The number of ketones is 1. The molecular formula is C19H22Cl2N4O6S. The number of carboxylic acids is 2. The number of rotatable bonds is 10. The van der Waals surface area contributed by atoms with E-state index < -0.39 is 24.6 Å². The highest BCUT2D eigenvalue weighted by Crippen LogP contribution is 2.36. The van der Waals surface area contributed by atoms with Gasteiger partial charge in [0.2, 0.25) is 5.78 Å². The quantitative estimate of drug-likeness (QED) is 0.139. The van der Waals surface area contributed by atoms with Crippen LogP contribution in [0.2, 0.25) is 10.0 Å². The molecule has 0 aliphatic rings. The van der Waals surface area contributed by atoms with Crippen LogP contribution in [0.3, 0.4) is 0 Å². The van der Waals surface area contributed by atoms with Crippen molar-refractivity contribution in [3.63, 3.8) is 0 Å². The number of hydrogen-bond donors (Lipinski definition) is 5. The number of benzene rings is 1. The van der Waals surface area contributed by atoms with Gasteiger partial charge in [0.1, 0.15) is 16.8 Å². The Bertz CT molecular complexity index is 965. The molecule has 174 valence electrons. The SMILES string of the molecule is NC(N)=NCCC[C@H](N)C(=O)O.O=C(O)COc1ccc(C(=O)c2cccs2)c(Cl)c1Cl. The first-order valence-corrected chi connectivity index (χ1v) is 10.6. The Morgan fingerprint density at radius 3 is 2.34 bits per heavy atom. The number of guanidine groups is 1. The zero-order chi connectivity index (χ0) is 24.3. The maximum absolute atomic E-state index is 12.2. The van der Waals surface area contributed by atoms with E-state index >= 15 is 0 Å². The molecule has 2 rings (SSSR count). The van der Waals surface area contributed by atoms with E-state index in [-0.39, 0.29) is 33.1 Å². The van der Waals surface area contributed by atoms with Crippen LogP contribution < -0.4 is 21.9 Å². The predicted octanol–water partition coefficient (Wildman–Crippen LogP) is 2.20. The molecule has 0 bridgehead atoms. The number of aliphatic carboxylic acids is 2. The molecule has 1 aromatic heterocycles. The molecular weight excluding hydrogens is 483 g/mol. The second kappa shape index (κ2) is 13.5. The van der Waals surface area contributed by atoms with Crippen LogP contribution in [0.5, 0.6) is 5.75 Å². The molecule has 0 fully saturated rings. The third-order valence-electron chi connectivity index (χ3n) is 3.67. The third kappa shape index (κ3) is 9.10. The van der Waals surface area contributed by atoms with Gasteiger partial charge in [0.05, 0.1) is 9.90 Å². The molecule has 0 amide bonds. The van der Waals surface area contributed by atoms with Gasteiger partial charge in [-0.15, -0.1) is 11.3 Å². The van der Waals surface area contributed by atoms with Gasteiger partial charge in [0.25, 0.3) is 0 Å². The molecule has 0 aliphatic carbocycles. The summed E-state index contributed by atoms with van der Waals surface area (Å²) in [6.45, 7) is -0.114. The second-order valence-electron chi connectivity index (χ2n) is 6.12. The standard InChI is InChI=1S/C13H8Cl2O4S.C6H14N4O2/c14-11-7(13(18)9-2-1-5-20-9)3-4-8(12(11)15)19-6-10(16)17;7-4(5(11)12)2-1-3-10-6(8)9/h1-5H,6H2,(H,16,17);4H,1-3,7H2,(H,11,12)(H4,8,9,10)/t;4-/m.0/s1. The van der Waals surface area contributed by atoms with Crippen molar-refractivity contribution >= 4 is 58.2 Å². The largest absolute Gasteiger partial charge is 0.480 e. The number of carbonyl (C=O) groups is 3. The Morgan fingerprint density at radius 1 is 1.12 bits per heavy atom. The monoisotopic (exact) mass is 504 g/mol. The Balaban J connectivity index is 0.000000368. The van der Waals surface area contributed by atoms with Gasteiger partial charge in [-0.2, -0.15) is 0 Å². The molecule has 1 aromatic carbocycles. The van der Waals surface area contributed by atoms with Gasteiger partial charge in [-0.25, -0.2) is 4.79 Å². The van der Waals surface area contributed by atoms with E-state index in [0.29, 0.717) is 24.3 Å². The van der Waals surface area contributed by atoms with E-state index in [1.54, 1.807) is 17.5 Å². The normalized spacial score (nSPS) is 11.0. The summed E-state index contributed by atoms with van der Waals surface area (Å²) in [5, 5.41) is 18.8. The molecule has 32 heavy (non-hydrogen) atoms. The van der Waals surface area contributed by atoms with Crippen LogP contribution >= 0.6 is 34.5 Å². The van der Waals surface area contributed by atoms with Gasteiger partial charge >= 0.3 is 11.9 Å². The van der Waals surface area contributed by atoms with Crippen LogP contribution in [0.1, 0.15) is 28.1 Å². The third-order valence-corrected chi connectivity index (χ3v) is 5.41. The Morgan fingerprint density at radius 2 is 1.81 bits per heavy atom. The van der Waals surface area contributed by atoms with E-state index in [0.717, 1.165) is 0 Å². The van der Waals surface area contributed by atoms with Crippen LogP contribution in [0.25, 0.3) is 0 Å². The van der Waals surface area contributed by atoms with Crippen LogP contribution in [0, 0.1) is 0 Å². The first kappa shape index (κ1) is 27.2. The lowest BCUT2D eigenvalue weighted by atomic mass is 10.1. The summed E-state index contributed by atoms with van der Waals surface area (Å²) in [6.07, 6.45) is 0.956. The summed E-state index contributed by atoms with van der Waals surface area (Å²) in [5.41, 5.74) is 15.6. The first-order valence-electron chi connectivity index (χ1n) is 8.99. The minimum atomic E-state index is -1.13. The average Bonchev–Trinajstić information content (AvgIpc) is 3.26. The summed E-state index contributed by atoms with van der Waals surface area (Å²) < 4.78 is 4.98. The molecule has 0 unspecified atom stereocenters. The lowest BCUT2D eigenvalue weighted by Gasteiger charge is -2.09. The number of hydrogen-bond acceptors (Lipinski definition) is 7. The van der Waals surface area contributed by atoms with Gasteiger partial charge < -0.3 is 32.2 Å². The molecule has 1 atom stereocenters. The molecule has 0 saturated carbocycles. The van der Waals surface area contributed by atoms with E-state index in [2.05, 4.69) is 4.99 Å². The Hall–Kier alpha value is -2.86.